The van der Waals surface area contributed by atoms with Crippen LogP contribution in [0.15, 0.2) is 48.5 Å². The molecule has 3 atom stereocenters. The number of hydrogen-bond acceptors (Lipinski definition) is 9. The molecule has 11 nitrogen and oxygen atoms in total. The number of carbonyl (C=O) groups is 2. The van der Waals surface area contributed by atoms with E-state index in [0.29, 0.717) is 73.3 Å². The fourth-order valence-corrected chi connectivity index (χ4v) is 8.29. The lowest BCUT2D eigenvalue weighted by molar-refractivity contribution is -0.141. The van der Waals surface area contributed by atoms with E-state index in [2.05, 4.69) is 32.7 Å². The third-order valence-electron chi connectivity index (χ3n) is 10.5. The lowest BCUT2D eigenvalue weighted by Crippen LogP contribution is -2.35. The summed E-state index contributed by atoms with van der Waals surface area (Å²) in [6, 6.07) is 16.2. The van der Waals surface area contributed by atoms with Crippen molar-refractivity contribution in [1.29, 1.82) is 0 Å². The Bertz CT molecular complexity index is 2040. The van der Waals surface area contributed by atoms with E-state index in [4.69, 9.17) is 42.4 Å². The first-order chi connectivity index (χ1) is 25.6. The summed E-state index contributed by atoms with van der Waals surface area (Å²) in [4.78, 5) is 34.6. The number of rotatable bonds is 13. The predicted molar refractivity (Wildman–Crippen MR) is 203 cm³/mol. The number of hydrogen-bond donors (Lipinski definition) is 3. The molecule has 0 spiro atoms. The second-order valence-corrected chi connectivity index (χ2v) is 14.7. The number of benzene rings is 2. The average Bonchev–Trinajstić information content (AvgIpc) is 3.90. The van der Waals surface area contributed by atoms with Crippen molar-refractivity contribution in [3.8, 4) is 40.0 Å². The second-order valence-electron chi connectivity index (χ2n) is 13.9. The average molecular weight is 761 g/mol. The van der Waals surface area contributed by atoms with Crippen LogP contribution >= 0.6 is 23.2 Å². The number of halogens is 2. The molecule has 4 heterocycles. The Morgan fingerprint density at radius 2 is 1.75 bits per heavy atom. The van der Waals surface area contributed by atoms with Crippen LogP contribution in [0.5, 0.6) is 17.6 Å². The van der Waals surface area contributed by atoms with Crippen LogP contribution in [0.3, 0.4) is 0 Å². The summed E-state index contributed by atoms with van der Waals surface area (Å²) in [6.07, 6.45) is 3.25. The molecule has 1 amide bonds. The van der Waals surface area contributed by atoms with Crippen molar-refractivity contribution >= 4 is 35.1 Å². The maximum Gasteiger partial charge on any atom is 0.307 e. The van der Waals surface area contributed by atoms with Crippen LogP contribution < -0.4 is 24.8 Å². The molecule has 1 aliphatic carbocycles. The number of nitrogens with zero attached hydrogens (tertiary/aromatic N) is 3. The summed E-state index contributed by atoms with van der Waals surface area (Å²) in [7, 11) is 3.18. The SMILES string of the molecule is COc1nc(O[C@H]2CCc3c(-c4cccc(-c5cc(C)c(CNC[C@@H]6CCC(=O)N6)c(OC)n5)c4Cl)cccc32)c(Cl)cc1CN1CC[C@@H](C(=O)O)C1. The van der Waals surface area contributed by atoms with Crippen molar-refractivity contribution in [3.05, 3.63) is 86.4 Å². The van der Waals surface area contributed by atoms with Gasteiger partial charge in [0.15, 0.2) is 0 Å². The highest BCUT2D eigenvalue weighted by Gasteiger charge is 2.31. The van der Waals surface area contributed by atoms with Gasteiger partial charge in [0.05, 0.1) is 30.9 Å². The number of pyridine rings is 2. The number of aliphatic carboxylic acids is 1. The van der Waals surface area contributed by atoms with Crippen LogP contribution in [0.25, 0.3) is 22.4 Å². The number of carbonyl (C=O) groups excluding carboxylic acids is 1. The minimum atomic E-state index is -0.773. The Morgan fingerprint density at radius 1 is 0.981 bits per heavy atom. The molecule has 2 fully saturated rings. The van der Waals surface area contributed by atoms with Gasteiger partial charge in [0.25, 0.3) is 0 Å². The number of carboxylic acids is 1. The Hall–Kier alpha value is -4.42. The summed E-state index contributed by atoms with van der Waals surface area (Å²) in [5, 5.41) is 16.8. The number of ether oxygens (including phenoxy) is 3. The molecule has 13 heteroatoms. The molecule has 7 rings (SSSR count). The summed E-state index contributed by atoms with van der Waals surface area (Å²) in [5.74, 6) is 0.182. The van der Waals surface area contributed by atoms with Gasteiger partial charge < -0.3 is 30.0 Å². The smallest absolute Gasteiger partial charge is 0.307 e. The molecule has 0 radical (unpaired) electrons. The standard InChI is InChI=1S/C40H43Cl2N5O6/c1-22-16-33(45-38(52-3)31(22)19-43-18-25-10-13-35(48)44-25)30-9-5-8-29(36(30)42)26-6-4-7-28-27(26)11-12-34(28)53-39-32(41)17-24(37(46-39)51-2)21-47-15-14-23(20-47)40(49)50/h4-9,16-17,23,25,34,43H,10-15,18-21H2,1-3H3,(H,44,48)(H,49,50)/t23-,25+,34+/m1/s1. The van der Waals surface area contributed by atoms with Crippen molar-refractivity contribution < 1.29 is 28.9 Å². The zero-order valence-electron chi connectivity index (χ0n) is 30.0. The first kappa shape index (κ1) is 36.9. The van der Waals surface area contributed by atoms with Gasteiger partial charge in [0.1, 0.15) is 11.1 Å². The maximum atomic E-state index is 11.6. The third-order valence-corrected chi connectivity index (χ3v) is 11.2. The lowest BCUT2D eigenvalue weighted by Gasteiger charge is -2.20. The van der Waals surface area contributed by atoms with Crippen LogP contribution in [-0.2, 0) is 29.1 Å². The molecule has 3 N–H and O–H groups in total. The van der Waals surface area contributed by atoms with Crippen LogP contribution in [0.4, 0.5) is 0 Å². The summed E-state index contributed by atoms with van der Waals surface area (Å²) in [6.45, 7) is 4.92. The number of methoxy groups -OCH3 is 2. The van der Waals surface area contributed by atoms with E-state index in [1.165, 1.54) is 0 Å². The van der Waals surface area contributed by atoms with Crippen molar-refractivity contribution in [3.63, 3.8) is 0 Å². The maximum absolute atomic E-state index is 11.6. The molecule has 0 bridgehead atoms. The molecule has 0 saturated carbocycles. The van der Waals surface area contributed by atoms with Crippen LogP contribution in [-0.4, -0.2) is 71.7 Å². The molecular formula is C40H43Cl2N5O6. The molecule has 2 saturated heterocycles. The molecule has 278 valence electrons. The van der Waals surface area contributed by atoms with Gasteiger partial charge >= 0.3 is 5.97 Å². The van der Waals surface area contributed by atoms with E-state index in [1.54, 1.807) is 20.3 Å². The highest BCUT2D eigenvalue weighted by atomic mass is 35.5. The van der Waals surface area contributed by atoms with Gasteiger partial charge in [-0.25, -0.2) is 4.98 Å². The minimum Gasteiger partial charge on any atom is -0.481 e. The van der Waals surface area contributed by atoms with Crippen molar-refractivity contribution in [2.45, 2.75) is 64.3 Å². The van der Waals surface area contributed by atoms with Gasteiger partial charge in [-0.3, -0.25) is 14.5 Å². The highest BCUT2D eigenvalue weighted by Crippen LogP contribution is 2.45. The Balaban J connectivity index is 1.10. The van der Waals surface area contributed by atoms with E-state index in [9.17, 15) is 14.7 Å². The Kier molecular flexibility index (Phi) is 11.1. The summed E-state index contributed by atoms with van der Waals surface area (Å²) in [5.41, 5.74) is 8.42. The van der Waals surface area contributed by atoms with Crippen molar-refractivity contribution in [1.82, 2.24) is 25.5 Å². The molecule has 2 aromatic carbocycles. The molecule has 0 unspecified atom stereocenters. The number of carboxylic acid groups (broad SMARTS) is 1. The summed E-state index contributed by atoms with van der Waals surface area (Å²) < 4.78 is 17.9. The normalized spacial score (nSPS) is 19.6. The number of nitrogens with one attached hydrogen (secondary N) is 2. The van der Waals surface area contributed by atoms with Crippen molar-refractivity contribution in [2.24, 2.45) is 5.92 Å². The number of likely N-dealkylation sites (tertiary alicyclic amines) is 1. The molecular weight excluding hydrogens is 717 g/mol. The first-order valence-electron chi connectivity index (χ1n) is 17.9. The van der Waals surface area contributed by atoms with Gasteiger partial charge in [-0.2, -0.15) is 4.98 Å². The Morgan fingerprint density at radius 3 is 2.49 bits per heavy atom. The zero-order valence-corrected chi connectivity index (χ0v) is 31.5. The molecule has 3 aliphatic rings. The Labute approximate surface area is 319 Å². The fraction of sp³-hybridized carbons (Fsp3) is 0.400. The zero-order chi connectivity index (χ0) is 37.2. The fourth-order valence-electron chi connectivity index (χ4n) is 7.74. The number of aromatic nitrogens is 2. The van der Waals surface area contributed by atoms with E-state index in [-0.39, 0.29) is 24.0 Å². The predicted octanol–water partition coefficient (Wildman–Crippen LogP) is 6.78. The van der Waals surface area contributed by atoms with Crippen LogP contribution in [0.1, 0.15) is 59.6 Å². The lowest BCUT2D eigenvalue weighted by atomic mass is 9.94. The third kappa shape index (κ3) is 7.80. The van der Waals surface area contributed by atoms with E-state index in [0.717, 1.165) is 69.5 Å². The summed E-state index contributed by atoms with van der Waals surface area (Å²) >= 11 is 14.0. The number of fused-ring (bicyclic) bond motifs is 1. The minimum absolute atomic E-state index is 0.100. The van der Waals surface area contributed by atoms with Gasteiger partial charge in [-0.05, 0) is 73.5 Å². The van der Waals surface area contributed by atoms with E-state index >= 15 is 0 Å². The monoisotopic (exact) mass is 759 g/mol. The van der Waals surface area contributed by atoms with Crippen LogP contribution in [0.2, 0.25) is 10.0 Å². The second kappa shape index (κ2) is 15.9. The van der Waals surface area contributed by atoms with Gasteiger partial charge in [-0.15, -0.1) is 0 Å². The quantitative estimate of drug-likeness (QED) is 0.134. The molecule has 4 aromatic rings. The van der Waals surface area contributed by atoms with E-state index < -0.39 is 5.97 Å². The topological polar surface area (TPSA) is 135 Å². The highest BCUT2D eigenvalue weighted by molar-refractivity contribution is 6.36. The first-order valence-corrected chi connectivity index (χ1v) is 18.7. The number of aryl methyl sites for hydroxylation is 1. The van der Waals surface area contributed by atoms with Gasteiger partial charge in [0.2, 0.25) is 23.5 Å². The van der Waals surface area contributed by atoms with Crippen LogP contribution in [0, 0.1) is 12.8 Å². The largest absolute Gasteiger partial charge is 0.481 e. The van der Waals surface area contributed by atoms with Crippen molar-refractivity contribution in [2.75, 3.05) is 33.9 Å². The molecule has 2 aliphatic heterocycles. The molecule has 2 aromatic heterocycles. The number of amides is 1. The van der Waals surface area contributed by atoms with Gasteiger partial charge in [-0.1, -0.05) is 59.6 Å². The van der Waals surface area contributed by atoms with Gasteiger partial charge in [0, 0.05) is 60.9 Å². The van der Waals surface area contributed by atoms with E-state index in [1.807, 2.05) is 37.3 Å². The molecule has 53 heavy (non-hydrogen) atoms.